The van der Waals surface area contributed by atoms with Gasteiger partial charge in [-0.25, -0.2) is 8.42 Å². The molecule has 6 nitrogen and oxygen atoms in total. The van der Waals surface area contributed by atoms with Crippen LogP contribution in [0, 0.1) is 6.92 Å². The predicted octanol–water partition coefficient (Wildman–Crippen LogP) is 1.87. The maximum atomic E-state index is 12.5. The molecule has 1 aliphatic heterocycles. The summed E-state index contributed by atoms with van der Waals surface area (Å²) in [4.78, 5) is 12.1. The highest BCUT2D eigenvalue weighted by Crippen LogP contribution is 2.28. The maximum absolute atomic E-state index is 12.5. The number of hydrogen-bond donors (Lipinski definition) is 1. The smallest absolute Gasteiger partial charge is 0.261 e. The van der Waals surface area contributed by atoms with E-state index in [-0.39, 0.29) is 16.9 Å². The fourth-order valence-corrected chi connectivity index (χ4v) is 5.11. The number of rotatable bonds is 5. The van der Waals surface area contributed by atoms with Crippen LogP contribution in [0.3, 0.4) is 0 Å². The predicted molar refractivity (Wildman–Crippen MR) is 92.1 cm³/mol. The highest BCUT2D eigenvalue weighted by atomic mass is 32.2. The van der Waals surface area contributed by atoms with Crippen LogP contribution in [-0.2, 0) is 10.0 Å². The summed E-state index contributed by atoms with van der Waals surface area (Å²) in [6, 6.07) is 9.08. The molecule has 128 valence electrons. The summed E-state index contributed by atoms with van der Waals surface area (Å²) < 4.78 is 32.2. The Labute approximate surface area is 145 Å². The lowest BCUT2D eigenvalue weighted by Gasteiger charge is -2.37. The minimum atomic E-state index is -3.57. The summed E-state index contributed by atoms with van der Waals surface area (Å²) in [5.41, 5.74) is 1.09. The lowest BCUT2D eigenvalue weighted by molar-refractivity contribution is 0.0762. The Morgan fingerprint density at radius 2 is 2.08 bits per heavy atom. The molecule has 0 radical (unpaired) electrons. The van der Waals surface area contributed by atoms with Gasteiger partial charge >= 0.3 is 0 Å². The summed E-state index contributed by atoms with van der Waals surface area (Å²) in [5, 5.41) is 3.98. The van der Waals surface area contributed by atoms with Gasteiger partial charge in [0.05, 0.1) is 22.9 Å². The number of benzene rings is 1. The molecule has 0 aliphatic carbocycles. The van der Waals surface area contributed by atoms with Gasteiger partial charge in [0.25, 0.3) is 5.91 Å². The summed E-state index contributed by atoms with van der Waals surface area (Å²) in [6.45, 7) is 2.59. The Bertz CT molecular complexity index is 854. The second-order valence-electron chi connectivity index (χ2n) is 5.60. The highest BCUT2D eigenvalue weighted by molar-refractivity contribution is 7.89. The number of hydrogen-bond acceptors (Lipinski definition) is 5. The molecule has 0 unspecified atom stereocenters. The Kier molecular flexibility index (Phi) is 4.62. The van der Waals surface area contributed by atoms with Crippen LogP contribution in [0.5, 0.6) is 5.75 Å². The number of ether oxygens (including phenoxy) is 1. The monoisotopic (exact) mass is 366 g/mol. The molecule has 1 saturated heterocycles. The average Bonchev–Trinajstić information content (AvgIpc) is 3.00. The van der Waals surface area contributed by atoms with Crippen LogP contribution in [0.1, 0.15) is 15.2 Å². The van der Waals surface area contributed by atoms with Gasteiger partial charge in [-0.1, -0.05) is 12.1 Å². The van der Waals surface area contributed by atoms with Crippen LogP contribution in [-0.4, -0.2) is 44.9 Å². The number of aryl methyl sites for hydroxylation is 1. The van der Waals surface area contributed by atoms with Gasteiger partial charge in [-0.15, -0.1) is 11.3 Å². The summed E-state index contributed by atoms with van der Waals surface area (Å²) >= 11 is 1.12. The SMILES string of the molecule is CNC(=O)c1cc(S(=O)(=O)N2CC(Oc3cccc(C)c3)C2)cs1. The first-order valence-corrected chi connectivity index (χ1v) is 9.76. The second kappa shape index (κ2) is 6.54. The van der Waals surface area contributed by atoms with E-state index < -0.39 is 10.0 Å². The molecular weight excluding hydrogens is 348 g/mol. The second-order valence-corrected chi connectivity index (χ2v) is 8.45. The number of nitrogens with one attached hydrogen (secondary N) is 1. The number of carbonyl (C=O) groups is 1. The zero-order valence-electron chi connectivity index (χ0n) is 13.4. The first-order chi connectivity index (χ1) is 11.4. The third-order valence-corrected chi connectivity index (χ3v) is 6.66. The molecule has 1 aromatic heterocycles. The van der Waals surface area contributed by atoms with Gasteiger partial charge in [0.1, 0.15) is 11.9 Å². The molecule has 2 aromatic rings. The minimum Gasteiger partial charge on any atom is -0.488 e. The third-order valence-electron chi connectivity index (χ3n) is 3.77. The molecule has 0 spiro atoms. The van der Waals surface area contributed by atoms with Crippen LogP contribution in [0.4, 0.5) is 0 Å². The number of carbonyl (C=O) groups excluding carboxylic acids is 1. The van der Waals surface area contributed by atoms with E-state index in [9.17, 15) is 13.2 Å². The van der Waals surface area contributed by atoms with Gasteiger partial charge in [0, 0.05) is 12.4 Å². The third kappa shape index (κ3) is 3.31. The Morgan fingerprint density at radius 1 is 1.33 bits per heavy atom. The zero-order chi connectivity index (χ0) is 17.3. The number of sulfonamides is 1. The number of amides is 1. The number of thiophene rings is 1. The van der Waals surface area contributed by atoms with Gasteiger partial charge in [0.15, 0.2) is 0 Å². The lowest BCUT2D eigenvalue weighted by Crippen LogP contribution is -2.55. The van der Waals surface area contributed by atoms with Crippen molar-refractivity contribution in [2.45, 2.75) is 17.9 Å². The van der Waals surface area contributed by atoms with Crippen molar-refractivity contribution in [2.24, 2.45) is 0 Å². The highest BCUT2D eigenvalue weighted by Gasteiger charge is 2.38. The fraction of sp³-hybridized carbons (Fsp3) is 0.312. The standard InChI is InChI=1S/C16H18N2O4S2/c1-11-4-3-5-12(6-11)22-13-8-18(9-13)24(20,21)14-7-15(23-10-14)16(19)17-2/h3-7,10,13H,8-9H2,1-2H3,(H,17,19). The molecule has 3 rings (SSSR count). The molecule has 1 aliphatic rings. The van der Waals surface area contributed by atoms with E-state index in [4.69, 9.17) is 4.74 Å². The average molecular weight is 366 g/mol. The van der Waals surface area contributed by atoms with E-state index in [2.05, 4.69) is 5.32 Å². The fourth-order valence-electron chi connectivity index (χ4n) is 2.40. The van der Waals surface area contributed by atoms with Crippen LogP contribution in [0.15, 0.2) is 40.6 Å². The van der Waals surface area contributed by atoms with E-state index in [0.717, 1.165) is 22.6 Å². The lowest BCUT2D eigenvalue weighted by atomic mass is 10.2. The van der Waals surface area contributed by atoms with E-state index >= 15 is 0 Å². The van der Waals surface area contributed by atoms with E-state index in [1.807, 2.05) is 31.2 Å². The Balaban J connectivity index is 1.64. The van der Waals surface area contributed by atoms with E-state index in [0.29, 0.717) is 18.0 Å². The van der Waals surface area contributed by atoms with Crippen LogP contribution in [0.2, 0.25) is 0 Å². The van der Waals surface area contributed by atoms with Crippen LogP contribution < -0.4 is 10.1 Å². The molecule has 24 heavy (non-hydrogen) atoms. The zero-order valence-corrected chi connectivity index (χ0v) is 15.0. The molecule has 1 fully saturated rings. The quantitative estimate of drug-likeness (QED) is 0.876. The summed E-state index contributed by atoms with van der Waals surface area (Å²) in [7, 11) is -2.06. The van der Waals surface area contributed by atoms with E-state index in [1.165, 1.54) is 22.8 Å². The van der Waals surface area contributed by atoms with Crippen LogP contribution >= 0.6 is 11.3 Å². The largest absolute Gasteiger partial charge is 0.488 e. The molecule has 0 atom stereocenters. The van der Waals surface area contributed by atoms with Crippen molar-refractivity contribution in [3.63, 3.8) is 0 Å². The van der Waals surface area contributed by atoms with Crippen molar-refractivity contribution < 1.29 is 17.9 Å². The molecule has 0 saturated carbocycles. The molecule has 8 heteroatoms. The number of nitrogens with zero attached hydrogens (tertiary/aromatic N) is 1. The summed E-state index contributed by atoms with van der Waals surface area (Å²) in [5.74, 6) is 0.459. The molecule has 0 bridgehead atoms. The Hall–Kier alpha value is -1.90. The first-order valence-electron chi connectivity index (χ1n) is 7.44. The van der Waals surface area contributed by atoms with Gasteiger partial charge in [-0.05, 0) is 30.7 Å². The van der Waals surface area contributed by atoms with Crippen molar-refractivity contribution in [1.29, 1.82) is 0 Å². The molecule has 1 N–H and O–H groups in total. The normalized spacial score (nSPS) is 15.8. The van der Waals surface area contributed by atoms with E-state index in [1.54, 1.807) is 0 Å². The molecule has 2 heterocycles. The maximum Gasteiger partial charge on any atom is 0.261 e. The van der Waals surface area contributed by atoms with Crippen molar-refractivity contribution in [2.75, 3.05) is 20.1 Å². The van der Waals surface area contributed by atoms with Gasteiger partial charge in [-0.3, -0.25) is 4.79 Å². The molecule has 1 aromatic carbocycles. The van der Waals surface area contributed by atoms with Crippen molar-refractivity contribution in [3.8, 4) is 5.75 Å². The van der Waals surface area contributed by atoms with Crippen molar-refractivity contribution >= 4 is 27.3 Å². The van der Waals surface area contributed by atoms with Gasteiger partial charge in [0.2, 0.25) is 10.0 Å². The Morgan fingerprint density at radius 3 is 2.75 bits per heavy atom. The topological polar surface area (TPSA) is 75.7 Å². The first kappa shape index (κ1) is 16.9. The van der Waals surface area contributed by atoms with Crippen molar-refractivity contribution in [1.82, 2.24) is 9.62 Å². The van der Waals surface area contributed by atoms with Crippen molar-refractivity contribution in [3.05, 3.63) is 46.2 Å². The molecular formula is C16H18N2O4S2. The molecule has 1 amide bonds. The van der Waals surface area contributed by atoms with Crippen LogP contribution in [0.25, 0.3) is 0 Å². The minimum absolute atomic E-state index is 0.153. The summed E-state index contributed by atoms with van der Waals surface area (Å²) in [6.07, 6.45) is -0.154. The van der Waals surface area contributed by atoms with Gasteiger partial charge < -0.3 is 10.1 Å². The van der Waals surface area contributed by atoms with Gasteiger partial charge in [-0.2, -0.15) is 4.31 Å².